The number of piperidine rings is 1. The molecule has 1 saturated heterocycles. The highest BCUT2D eigenvalue weighted by Gasteiger charge is 2.33. The van der Waals surface area contributed by atoms with Gasteiger partial charge in [-0.2, -0.15) is 0 Å². The van der Waals surface area contributed by atoms with Crippen molar-refractivity contribution in [2.45, 2.75) is 70.8 Å². The van der Waals surface area contributed by atoms with Gasteiger partial charge in [0.05, 0.1) is 0 Å². The Kier molecular flexibility index (Phi) is 9.04. The molecule has 1 aliphatic heterocycles. The van der Waals surface area contributed by atoms with E-state index in [4.69, 9.17) is 4.74 Å². The number of nitrogens with one attached hydrogen (secondary N) is 2. The Hall–Kier alpha value is -0.810. The van der Waals surface area contributed by atoms with E-state index in [1.165, 1.54) is 64.5 Å². The molecule has 2 rings (SSSR count). The van der Waals surface area contributed by atoms with Gasteiger partial charge in [0.2, 0.25) is 0 Å². The first kappa shape index (κ1) is 20.5. The molecule has 0 bridgehead atoms. The van der Waals surface area contributed by atoms with Crippen molar-refractivity contribution < 1.29 is 4.74 Å². The summed E-state index contributed by atoms with van der Waals surface area (Å²) in [6.07, 6.45) is 11.8. The number of nitrogens with zero attached hydrogens (tertiary/aromatic N) is 2. The van der Waals surface area contributed by atoms with Gasteiger partial charge in [-0.15, -0.1) is 0 Å². The quantitative estimate of drug-likeness (QED) is 0.380. The number of likely N-dealkylation sites (tertiary alicyclic amines) is 1. The van der Waals surface area contributed by atoms with Crippen LogP contribution in [-0.2, 0) is 4.74 Å². The topological polar surface area (TPSA) is 48.9 Å². The van der Waals surface area contributed by atoms with Gasteiger partial charge in [-0.05, 0) is 57.4 Å². The van der Waals surface area contributed by atoms with E-state index >= 15 is 0 Å². The van der Waals surface area contributed by atoms with Gasteiger partial charge in [0, 0.05) is 46.4 Å². The summed E-state index contributed by atoms with van der Waals surface area (Å²) < 4.78 is 5.33. The fraction of sp³-hybridized carbons (Fsp3) is 0.950. The van der Waals surface area contributed by atoms with Crippen LogP contribution in [0.4, 0.5) is 0 Å². The molecule has 2 N–H and O–H groups in total. The van der Waals surface area contributed by atoms with Crippen LogP contribution < -0.4 is 10.6 Å². The predicted octanol–water partition coefficient (Wildman–Crippen LogP) is 3.01. The third kappa shape index (κ3) is 6.78. The number of aliphatic imine (C=N–C) groups is 1. The van der Waals surface area contributed by atoms with Gasteiger partial charge in [-0.25, -0.2) is 0 Å². The van der Waals surface area contributed by atoms with Crippen LogP contribution in [0.3, 0.4) is 0 Å². The van der Waals surface area contributed by atoms with Crippen LogP contribution in [0.2, 0.25) is 0 Å². The molecule has 25 heavy (non-hydrogen) atoms. The lowest BCUT2D eigenvalue weighted by Gasteiger charge is -2.33. The minimum atomic E-state index is 0.400. The van der Waals surface area contributed by atoms with Crippen LogP contribution in [0.25, 0.3) is 0 Å². The summed E-state index contributed by atoms with van der Waals surface area (Å²) in [7, 11) is 3.68. The lowest BCUT2D eigenvalue weighted by atomic mass is 9.83. The van der Waals surface area contributed by atoms with Crippen LogP contribution in [0.1, 0.15) is 64.7 Å². The fourth-order valence-corrected chi connectivity index (χ4v) is 4.43. The van der Waals surface area contributed by atoms with Gasteiger partial charge in [0.1, 0.15) is 0 Å². The van der Waals surface area contributed by atoms with E-state index in [1.807, 2.05) is 7.05 Å². The lowest BCUT2D eigenvalue weighted by molar-refractivity contribution is 0.138. The van der Waals surface area contributed by atoms with Crippen LogP contribution in [0.5, 0.6) is 0 Å². The van der Waals surface area contributed by atoms with Gasteiger partial charge < -0.3 is 20.3 Å². The Morgan fingerprint density at radius 2 is 2.00 bits per heavy atom. The molecular weight excluding hydrogens is 312 g/mol. The van der Waals surface area contributed by atoms with Crippen molar-refractivity contribution in [3.8, 4) is 0 Å². The second-order valence-corrected chi connectivity index (χ2v) is 8.04. The molecule has 2 fully saturated rings. The normalized spacial score (nSPS) is 24.4. The van der Waals surface area contributed by atoms with Crippen molar-refractivity contribution in [3.63, 3.8) is 0 Å². The van der Waals surface area contributed by atoms with E-state index < -0.39 is 0 Å². The zero-order valence-electron chi connectivity index (χ0n) is 16.8. The number of guanidine groups is 1. The largest absolute Gasteiger partial charge is 0.385 e. The maximum Gasteiger partial charge on any atom is 0.190 e. The standard InChI is InChI=1S/C20H40N4O/c1-18-9-4-7-14-24(18)15-8-13-22-19(21-2)23-17-20(12-16-25-3)10-5-6-11-20/h18H,4-17H2,1-3H3,(H2,21,22,23). The van der Waals surface area contributed by atoms with Crippen LogP contribution in [-0.4, -0.2) is 63.8 Å². The molecule has 5 heteroatoms. The van der Waals surface area contributed by atoms with Gasteiger partial charge in [-0.3, -0.25) is 4.99 Å². The first-order valence-electron chi connectivity index (χ1n) is 10.4. The average Bonchev–Trinajstić information content (AvgIpc) is 3.10. The Balaban J connectivity index is 1.66. The number of methoxy groups -OCH3 is 1. The molecule has 1 aliphatic carbocycles. The minimum absolute atomic E-state index is 0.400. The summed E-state index contributed by atoms with van der Waals surface area (Å²) in [5.74, 6) is 0.954. The Morgan fingerprint density at radius 3 is 2.68 bits per heavy atom. The molecule has 0 aromatic rings. The van der Waals surface area contributed by atoms with Crippen molar-refractivity contribution in [2.75, 3.05) is 46.9 Å². The van der Waals surface area contributed by atoms with Crippen molar-refractivity contribution in [2.24, 2.45) is 10.4 Å². The first-order chi connectivity index (χ1) is 12.2. The third-order valence-corrected chi connectivity index (χ3v) is 6.21. The van der Waals surface area contributed by atoms with E-state index in [-0.39, 0.29) is 0 Å². The molecule has 0 aromatic heterocycles. The second-order valence-electron chi connectivity index (χ2n) is 8.04. The summed E-state index contributed by atoms with van der Waals surface area (Å²) in [5.41, 5.74) is 0.400. The molecule has 1 unspecified atom stereocenters. The number of ether oxygens (including phenoxy) is 1. The van der Waals surface area contributed by atoms with Crippen molar-refractivity contribution in [1.82, 2.24) is 15.5 Å². The van der Waals surface area contributed by atoms with Gasteiger partial charge in [0.25, 0.3) is 0 Å². The first-order valence-corrected chi connectivity index (χ1v) is 10.4. The second kappa shape index (κ2) is 11.0. The van der Waals surface area contributed by atoms with E-state index in [0.29, 0.717) is 5.41 Å². The monoisotopic (exact) mass is 352 g/mol. The molecule has 146 valence electrons. The molecule has 0 radical (unpaired) electrons. The Labute approximate surface area is 155 Å². The van der Waals surface area contributed by atoms with Crippen LogP contribution in [0.15, 0.2) is 4.99 Å². The number of hydrogen-bond acceptors (Lipinski definition) is 3. The Morgan fingerprint density at radius 1 is 1.20 bits per heavy atom. The maximum absolute atomic E-state index is 5.33. The molecule has 5 nitrogen and oxygen atoms in total. The maximum atomic E-state index is 5.33. The van der Waals surface area contributed by atoms with Crippen LogP contribution in [0, 0.1) is 5.41 Å². The average molecular weight is 353 g/mol. The fourth-order valence-electron chi connectivity index (χ4n) is 4.43. The number of rotatable bonds is 9. The highest BCUT2D eigenvalue weighted by Crippen LogP contribution is 2.40. The van der Waals surface area contributed by atoms with E-state index in [2.05, 4.69) is 27.4 Å². The minimum Gasteiger partial charge on any atom is -0.385 e. The molecular formula is C20H40N4O. The van der Waals surface area contributed by atoms with E-state index in [0.717, 1.165) is 38.1 Å². The highest BCUT2D eigenvalue weighted by atomic mass is 16.5. The summed E-state index contributed by atoms with van der Waals surface area (Å²) in [5, 5.41) is 7.08. The van der Waals surface area contributed by atoms with E-state index in [9.17, 15) is 0 Å². The third-order valence-electron chi connectivity index (χ3n) is 6.21. The SMILES string of the molecule is CN=C(NCCCN1CCCCC1C)NCC1(CCOC)CCCC1. The molecule has 1 heterocycles. The van der Waals surface area contributed by atoms with Crippen molar-refractivity contribution in [3.05, 3.63) is 0 Å². The van der Waals surface area contributed by atoms with Crippen molar-refractivity contribution >= 4 is 5.96 Å². The summed E-state index contributed by atoms with van der Waals surface area (Å²) in [6, 6.07) is 0.759. The summed E-state index contributed by atoms with van der Waals surface area (Å²) in [6.45, 7) is 7.71. The summed E-state index contributed by atoms with van der Waals surface area (Å²) >= 11 is 0. The lowest BCUT2D eigenvalue weighted by Crippen LogP contribution is -2.44. The highest BCUT2D eigenvalue weighted by molar-refractivity contribution is 5.79. The number of hydrogen-bond donors (Lipinski definition) is 2. The van der Waals surface area contributed by atoms with Crippen molar-refractivity contribution in [1.29, 1.82) is 0 Å². The zero-order valence-corrected chi connectivity index (χ0v) is 16.8. The zero-order chi connectivity index (χ0) is 18.0. The molecule has 1 atom stereocenters. The van der Waals surface area contributed by atoms with Gasteiger partial charge in [-0.1, -0.05) is 19.3 Å². The van der Waals surface area contributed by atoms with Gasteiger partial charge >= 0.3 is 0 Å². The predicted molar refractivity (Wildman–Crippen MR) is 106 cm³/mol. The summed E-state index contributed by atoms with van der Waals surface area (Å²) in [4.78, 5) is 7.05. The van der Waals surface area contributed by atoms with Gasteiger partial charge in [0.15, 0.2) is 5.96 Å². The molecule has 0 spiro atoms. The van der Waals surface area contributed by atoms with Crippen LogP contribution >= 0.6 is 0 Å². The molecule has 2 aliphatic rings. The molecule has 1 saturated carbocycles. The smallest absolute Gasteiger partial charge is 0.190 e. The molecule has 0 aromatic carbocycles. The Bertz CT molecular complexity index is 393. The molecule has 0 amide bonds. The van der Waals surface area contributed by atoms with E-state index in [1.54, 1.807) is 7.11 Å².